The van der Waals surface area contributed by atoms with E-state index >= 15 is 0 Å². The Balaban J connectivity index is 1.76. The summed E-state index contributed by atoms with van der Waals surface area (Å²) in [6.07, 6.45) is 0.626. The van der Waals surface area contributed by atoms with Gasteiger partial charge in [-0.05, 0) is 43.8 Å². The molecular formula is C16H21F2NO2. The van der Waals surface area contributed by atoms with Crippen molar-refractivity contribution in [3.63, 3.8) is 0 Å². The average Bonchev–Trinajstić information content (AvgIpc) is 2.47. The molecular weight excluding hydrogens is 276 g/mol. The third kappa shape index (κ3) is 5.08. The van der Waals surface area contributed by atoms with E-state index in [1.807, 2.05) is 0 Å². The molecule has 3 nitrogen and oxygen atoms in total. The van der Waals surface area contributed by atoms with Gasteiger partial charge in [-0.25, -0.2) is 8.78 Å². The van der Waals surface area contributed by atoms with Gasteiger partial charge in [0.25, 0.3) is 6.43 Å². The Labute approximate surface area is 123 Å². The van der Waals surface area contributed by atoms with Gasteiger partial charge in [0, 0.05) is 18.5 Å². The van der Waals surface area contributed by atoms with Gasteiger partial charge in [-0.3, -0.25) is 9.69 Å². The van der Waals surface area contributed by atoms with Crippen LogP contribution >= 0.6 is 0 Å². The number of rotatable bonds is 6. The van der Waals surface area contributed by atoms with Gasteiger partial charge in [0.1, 0.15) is 0 Å². The zero-order valence-corrected chi connectivity index (χ0v) is 12.0. The van der Waals surface area contributed by atoms with Crippen LogP contribution in [0.5, 0.6) is 0 Å². The van der Waals surface area contributed by atoms with Crippen LogP contribution in [0.1, 0.15) is 43.2 Å². The number of hydrogen-bond donors (Lipinski definition) is 1. The van der Waals surface area contributed by atoms with E-state index in [-0.39, 0.29) is 12.0 Å². The molecule has 0 unspecified atom stereocenters. The number of nitrogens with zero attached hydrogens (tertiary/aromatic N) is 1. The lowest BCUT2D eigenvalue weighted by Gasteiger charge is -2.31. The van der Waals surface area contributed by atoms with E-state index in [0.717, 1.165) is 44.5 Å². The van der Waals surface area contributed by atoms with Crippen LogP contribution in [0, 0.1) is 5.92 Å². The fourth-order valence-electron chi connectivity index (χ4n) is 2.79. The highest BCUT2D eigenvalue weighted by Gasteiger charge is 2.19. The van der Waals surface area contributed by atoms with Crippen molar-refractivity contribution < 1.29 is 18.7 Å². The minimum atomic E-state index is -2.41. The molecule has 1 aromatic carbocycles. The molecule has 116 valence electrons. The summed E-state index contributed by atoms with van der Waals surface area (Å²) in [6, 6.07) is 6.50. The molecule has 0 atom stereocenters. The van der Waals surface area contributed by atoms with Gasteiger partial charge in [-0.15, -0.1) is 0 Å². The molecule has 0 spiro atoms. The first-order chi connectivity index (χ1) is 10.0. The predicted octanol–water partition coefficient (Wildman–Crippen LogP) is 3.70. The molecule has 1 fully saturated rings. The molecule has 1 heterocycles. The first-order valence-electron chi connectivity index (χ1n) is 7.35. The standard InChI is InChI=1S/C16H21F2NO2/c17-16(18)14-4-1-13(2-5-14)11-19-9-7-12(8-10-19)3-6-15(20)21/h1-2,4-5,12,16H,3,6-11H2,(H,20,21). The number of likely N-dealkylation sites (tertiary alicyclic amines) is 1. The van der Waals surface area contributed by atoms with Crippen LogP contribution in [0.4, 0.5) is 8.78 Å². The van der Waals surface area contributed by atoms with Gasteiger partial charge < -0.3 is 5.11 Å². The summed E-state index contributed by atoms with van der Waals surface area (Å²) < 4.78 is 25.0. The molecule has 1 N–H and O–H groups in total. The molecule has 1 aliphatic heterocycles. The maximum atomic E-state index is 12.5. The molecule has 21 heavy (non-hydrogen) atoms. The number of alkyl halides is 2. The highest BCUT2D eigenvalue weighted by Crippen LogP contribution is 2.24. The zero-order chi connectivity index (χ0) is 15.2. The summed E-state index contributed by atoms with van der Waals surface area (Å²) >= 11 is 0. The maximum Gasteiger partial charge on any atom is 0.303 e. The number of carboxylic acids is 1. The first kappa shape index (κ1) is 15.9. The van der Waals surface area contributed by atoms with Crippen molar-refractivity contribution in [1.82, 2.24) is 4.90 Å². The number of carbonyl (C=O) groups is 1. The summed E-state index contributed by atoms with van der Waals surface area (Å²) in [5.41, 5.74) is 1.11. The van der Waals surface area contributed by atoms with Gasteiger partial charge in [0.15, 0.2) is 0 Å². The van der Waals surface area contributed by atoms with Crippen molar-refractivity contribution in [3.05, 3.63) is 35.4 Å². The summed E-state index contributed by atoms with van der Waals surface area (Å²) in [5.74, 6) is -0.227. The highest BCUT2D eigenvalue weighted by molar-refractivity contribution is 5.66. The normalized spacial score (nSPS) is 17.3. The average molecular weight is 297 g/mol. The number of piperidine rings is 1. The lowest BCUT2D eigenvalue weighted by Crippen LogP contribution is -2.33. The van der Waals surface area contributed by atoms with Crippen LogP contribution in [-0.4, -0.2) is 29.1 Å². The van der Waals surface area contributed by atoms with Crippen LogP contribution in [-0.2, 0) is 11.3 Å². The van der Waals surface area contributed by atoms with E-state index in [2.05, 4.69) is 4.90 Å². The minimum Gasteiger partial charge on any atom is -0.481 e. The second-order valence-corrected chi connectivity index (χ2v) is 5.69. The maximum absolute atomic E-state index is 12.5. The Kier molecular flexibility index (Phi) is 5.67. The Bertz CT molecular complexity index is 454. The van der Waals surface area contributed by atoms with Crippen LogP contribution in [0.3, 0.4) is 0 Å². The second kappa shape index (κ2) is 7.50. The summed E-state index contributed by atoms with van der Waals surface area (Å²) in [7, 11) is 0. The van der Waals surface area contributed by atoms with E-state index in [4.69, 9.17) is 5.11 Å². The first-order valence-corrected chi connectivity index (χ1v) is 7.35. The molecule has 1 aliphatic rings. The quantitative estimate of drug-likeness (QED) is 0.870. The van der Waals surface area contributed by atoms with Crippen molar-refractivity contribution in [2.45, 2.75) is 38.7 Å². The summed E-state index contributed by atoms with van der Waals surface area (Å²) in [4.78, 5) is 12.9. The second-order valence-electron chi connectivity index (χ2n) is 5.69. The topological polar surface area (TPSA) is 40.5 Å². The number of benzene rings is 1. The van der Waals surface area contributed by atoms with E-state index in [9.17, 15) is 13.6 Å². The molecule has 0 amide bonds. The van der Waals surface area contributed by atoms with Crippen molar-refractivity contribution in [2.75, 3.05) is 13.1 Å². The smallest absolute Gasteiger partial charge is 0.303 e. The molecule has 2 rings (SSSR count). The van der Waals surface area contributed by atoms with Crippen molar-refractivity contribution in [2.24, 2.45) is 5.92 Å². The molecule has 1 saturated heterocycles. The van der Waals surface area contributed by atoms with Crippen LogP contribution < -0.4 is 0 Å². The zero-order valence-electron chi connectivity index (χ0n) is 12.0. The van der Waals surface area contributed by atoms with Crippen molar-refractivity contribution >= 4 is 5.97 Å². The van der Waals surface area contributed by atoms with E-state index in [1.165, 1.54) is 12.1 Å². The number of hydrogen-bond acceptors (Lipinski definition) is 2. The lowest BCUT2D eigenvalue weighted by atomic mass is 9.92. The third-order valence-electron chi connectivity index (χ3n) is 4.11. The minimum absolute atomic E-state index is 0.0612. The van der Waals surface area contributed by atoms with Gasteiger partial charge in [0.05, 0.1) is 0 Å². The van der Waals surface area contributed by atoms with Gasteiger partial charge >= 0.3 is 5.97 Å². The molecule has 0 aliphatic carbocycles. The summed E-state index contributed by atoms with van der Waals surface area (Å²) in [6.45, 7) is 2.66. The van der Waals surface area contributed by atoms with Crippen molar-refractivity contribution in [3.8, 4) is 0 Å². The van der Waals surface area contributed by atoms with E-state index in [1.54, 1.807) is 12.1 Å². The number of aliphatic carboxylic acids is 1. The molecule has 0 radical (unpaired) electrons. The van der Waals surface area contributed by atoms with Crippen LogP contribution in [0.15, 0.2) is 24.3 Å². The highest BCUT2D eigenvalue weighted by atomic mass is 19.3. The van der Waals surface area contributed by atoms with E-state index in [0.29, 0.717) is 5.92 Å². The SMILES string of the molecule is O=C(O)CCC1CCN(Cc2ccc(C(F)F)cc2)CC1. The Hall–Kier alpha value is -1.49. The monoisotopic (exact) mass is 297 g/mol. The Morgan fingerprint density at radius 3 is 2.38 bits per heavy atom. The molecule has 1 aromatic rings. The van der Waals surface area contributed by atoms with Gasteiger partial charge in [-0.2, -0.15) is 0 Å². The number of carboxylic acid groups (broad SMARTS) is 1. The lowest BCUT2D eigenvalue weighted by molar-refractivity contribution is -0.137. The molecule has 0 bridgehead atoms. The fraction of sp³-hybridized carbons (Fsp3) is 0.562. The van der Waals surface area contributed by atoms with Gasteiger partial charge in [0.2, 0.25) is 0 Å². The molecule has 0 saturated carbocycles. The summed E-state index contributed by atoms with van der Waals surface area (Å²) in [5, 5.41) is 8.69. The van der Waals surface area contributed by atoms with Crippen molar-refractivity contribution in [1.29, 1.82) is 0 Å². The van der Waals surface area contributed by atoms with Gasteiger partial charge in [-0.1, -0.05) is 24.3 Å². The Morgan fingerprint density at radius 2 is 1.86 bits per heavy atom. The number of halogens is 2. The predicted molar refractivity (Wildman–Crippen MR) is 76.3 cm³/mol. The largest absolute Gasteiger partial charge is 0.481 e. The van der Waals surface area contributed by atoms with Crippen LogP contribution in [0.25, 0.3) is 0 Å². The molecule has 0 aromatic heterocycles. The van der Waals surface area contributed by atoms with E-state index < -0.39 is 12.4 Å². The Morgan fingerprint density at radius 1 is 1.24 bits per heavy atom. The molecule has 5 heteroatoms. The third-order valence-corrected chi connectivity index (χ3v) is 4.11. The van der Waals surface area contributed by atoms with Crippen LogP contribution in [0.2, 0.25) is 0 Å². The fourth-order valence-corrected chi connectivity index (χ4v) is 2.79.